The molecule has 1 heterocycles. The number of fused-ring (bicyclic) bond motifs is 1. The second kappa shape index (κ2) is 7.53. The third-order valence-electron chi connectivity index (χ3n) is 3.84. The lowest BCUT2D eigenvalue weighted by Gasteiger charge is -2.18. The van der Waals surface area contributed by atoms with E-state index in [1.807, 2.05) is 68.4 Å². The number of nitrogens with one attached hydrogen (secondary N) is 1. The average Bonchev–Trinajstić information content (AvgIpc) is 3.02. The lowest BCUT2D eigenvalue weighted by molar-refractivity contribution is -0.121. The Balaban J connectivity index is 1.67. The maximum Gasteiger partial charge on any atom is 0.257 e. The molecule has 2 aromatic carbocycles. The van der Waals surface area contributed by atoms with E-state index in [-0.39, 0.29) is 17.2 Å². The summed E-state index contributed by atoms with van der Waals surface area (Å²) in [6.07, 6.45) is 0.705. The Hall–Kier alpha value is -2.27. The number of rotatable bonds is 6. The van der Waals surface area contributed by atoms with Crippen LogP contribution in [0, 0.1) is 0 Å². The number of thioether (sulfide) groups is 1. The van der Waals surface area contributed by atoms with Gasteiger partial charge in [-0.25, -0.2) is 4.98 Å². The van der Waals surface area contributed by atoms with Crippen molar-refractivity contribution >= 4 is 28.8 Å². The summed E-state index contributed by atoms with van der Waals surface area (Å²) in [5, 5.41) is 3.37. The van der Waals surface area contributed by atoms with Crippen molar-refractivity contribution in [3.8, 4) is 0 Å². The summed E-state index contributed by atoms with van der Waals surface area (Å²) in [6, 6.07) is 17.5. The zero-order valence-corrected chi connectivity index (χ0v) is 14.5. The lowest BCUT2D eigenvalue weighted by Crippen LogP contribution is -2.34. The fraction of sp³-hybridized carbons (Fsp3) is 0.263. The number of carbonyl (C=O) groups excluding carboxylic acids is 1. The molecular weight excluding hydrogens is 320 g/mol. The SMILES string of the molecule is CCC(Sc1nc2ccccc2o1)C(=O)NC(C)c1ccccc1. The summed E-state index contributed by atoms with van der Waals surface area (Å²) in [5.74, 6) is 0.00103. The highest BCUT2D eigenvalue weighted by Crippen LogP contribution is 2.28. The average molecular weight is 340 g/mol. The van der Waals surface area contributed by atoms with Gasteiger partial charge in [-0.05, 0) is 31.0 Å². The van der Waals surface area contributed by atoms with Gasteiger partial charge in [0.15, 0.2) is 5.58 Å². The van der Waals surface area contributed by atoms with Crippen LogP contribution in [0.2, 0.25) is 0 Å². The Bertz CT molecular complexity index is 783. The predicted molar refractivity (Wildman–Crippen MR) is 96.9 cm³/mol. The fourth-order valence-electron chi connectivity index (χ4n) is 2.48. The molecule has 0 fully saturated rings. The van der Waals surface area contributed by atoms with Gasteiger partial charge in [0, 0.05) is 0 Å². The van der Waals surface area contributed by atoms with E-state index in [0.29, 0.717) is 11.6 Å². The number of carbonyl (C=O) groups is 1. The zero-order valence-electron chi connectivity index (χ0n) is 13.7. The first-order valence-electron chi connectivity index (χ1n) is 8.05. The van der Waals surface area contributed by atoms with E-state index in [1.165, 1.54) is 11.8 Å². The molecule has 0 saturated carbocycles. The van der Waals surface area contributed by atoms with Crippen molar-refractivity contribution in [1.29, 1.82) is 0 Å². The number of hydrogen-bond donors (Lipinski definition) is 1. The smallest absolute Gasteiger partial charge is 0.257 e. The number of aromatic nitrogens is 1. The Labute approximate surface area is 145 Å². The molecule has 0 radical (unpaired) electrons. The van der Waals surface area contributed by atoms with E-state index < -0.39 is 0 Å². The molecule has 0 aliphatic rings. The van der Waals surface area contributed by atoms with Gasteiger partial charge in [0.1, 0.15) is 5.52 Å². The summed E-state index contributed by atoms with van der Waals surface area (Å²) in [5.41, 5.74) is 2.65. The largest absolute Gasteiger partial charge is 0.431 e. The summed E-state index contributed by atoms with van der Waals surface area (Å²) < 4.78 is 5.71. The third kappa shape index (κ3) is 3.79. The second-order valence-electron chi connectivity index (χ2n) is 5.60. The normalized spacial score (nSPS) is 13.6. The molecule has 2 unspecified atom stereocenters. The van der Waals surface area contributed by atoms with E-state index in [2.05, 4.69) is 10.3 Å². The molecule has 1 N–H and O–H groups in total. The van der Waals surface area contributed by atoms with Crippen molar-refractivity contribution in [2.24, 2.45) is 0 Å². The van der Waals surface area contributed by atoms with Gasteiger partial charge in [-0.1, -0.05) is 61.2 Å². The second-order valence-corrected chi connectivity index (χ2v) is 6.76. The molecule has 2 atom stereocenters. The van der Waals surface area contributed by atoms with Gasteiger partial charge in [-0.2, -0.15) is 0 Å². The van der Waals surface area contributed by atoms with Crippen molar-refractivity contribution in [3.05, 3.63) is 60.2 Å². The van der Waals surface area contributed by atoms with Crippen LogP contribution in [0.4, 0.5) is 0 Å². The highest BCUT2D eigenvalue weighted by Gasteiger charge is 2.22. The van der Waals surface area contributed by atoms with Crippen LogP contribution >= 0.6 is 11.8 Å². The van der Waals surface area contributed by atoms with Gasteiger partial charge < -0.3 is 9.73 Å². The Kier molecular flexibility index (Phi) is 5.20. The molecular formula is C19H20N2O2S. The molecule has 124 valence electrons. The molecule has 3 aromatic rings. The van der Waals surface area contributed by atoms with Gasteiger partial charge >= 0.3 is 0 Å². The Morgan fingerprint density at radius 2 is 1.88 bits per heavy atom. The summed E-state index contributed by atoms with van der Waals surface area (Å²) in [6.45, 7) is 3.98. The molecule has 0 aliphatic carbocycles. The first-order valence-corrected chi connectivity index (χ1v) is 8.93. The first-order chi connectivity index (χ1) is 11.7. The van der Waals surface area contributed by atoms with Gasteiger partial charge in [0.05, 0.1) is 11.3 Å². The van der Waals surface area contributed by atoms with E-state index in [9.17, 15) is 4.79 Å². The molecule has 1 amide bonds. The van der Waals surface area contributed by atoms with Crippen LogP contribution < -0.4 is 5.32 Å². The van der Waals surface area contributed by atoms with Crippen LogP contribution in [0.1, 0.15) is 31.9 Å². The van der Waals surface area contributed by atoms with Gasteiger partial charge in [-0.15, -0.1) is 0 Å². The van der Waals surface area contributed by atoms with Crippen molar-refractivity contribution in [3.63, 3.8) is 0 Å². The van der Waals surface area contributed by atoms with Crippen LogP contribution in [0.5, 0.6) is 0 Å². The molecule has 0 aliphatic heterocycles. The van der Waals surface area contributed by atoms with Crippen LogP contribution in [-0.2, 0) is 4.79 Å². The minimum Gasteiger partial charge on any atom is -0.431 e. The lowest BCUT2D eigenvalue weighted by atomic mass is 10.1. The van der Waals surface area contributed by atoms with E-state index >= 15 is 0 Å². The van der Waals surface area contributed by atoms with E-state index in [4.69, 9.17) is 4.42 Å². The third-order valence-corrected chi connectivity index (χ3v) is 5.05. The predicted octanol–water partition coefficient (Wildman–Crippen LogP) is 4.58. The van der Waals surface area contributed by atoms with Gasteiger partial charge in [0.25, 0.3) is 5.22 Å². The minimum absolute atomic E-state index is 0.00103. The fourth-order valence-corrected chi connectivity index (χ4v) is 3.35. The number of oxazole rings is 1. The summed E-state index contributed by atoms with van der Waals surface area (Å²) in [7, 11) is 0. The number of benzene rings is 2. The minimum atomic E-state index is -0.232. The Morgan fingerprint density at radius 3 is 2.58 bits per heavy atom. The van der Waals surface area contributed by atoms with Gasteiger partial charge in [0.2, 0.25) is 5.91 Å². The quantitative estimate of drug-likeness (QED) is 0.668. The molecule has 0 saturated heterocycles. The molecule has 3 rings (SSSR count). The monoisotopic (exact) mass is 340 g/mol. The molecule has 0 spiro atoms. The molecule has 1 aromatic heterocycles. The number of hydrogen-bond acceptors (Lipinski definition) is 4. The number of amides is 1. The van der Waals surface area contributed by atoms with Gasteiger partial charge in [-0.3, -0.25) is 4.79 Å². The standard InChI is InChI=1S/C19H20N2O2S/c1-3-17(18(22)20-13(2)14-9-5-4-6-10-14)24-19-21-15-11-7-8-12-16(15)23-19/h4-13,17H,3H2,1-2H3,(H,20,22). The molecule has 4 nitrogen and oxygen atoms in total. The van der Waals surface area contributed by atoms with E-state index in [1.54, 1.807) is 0 Å². The van der Waals surface area contributed by atoms with Crippen molar-refractivity contribution in [2.75, 3.05) is 0 Å². The summed E-state index contributed by atoms with van der Waals surface area (Å²) in [4.78, 5) is 17.0. The maximum absolute atomic E-state index is 12.6. The molecule has 24 heavy (non-hydrogen) atoms. The number of para-hydroxylation sites is 2. The Morgan fingerprint density at radius 1 is 1.17 bits per heavy atom. The van der Waals surface area contributed by atoms with Crippen LogP contribution in [0.3, 0.4) is 0 Å². The number of nitrogens with zero attached hydrogens (tertiary/aromatic N) is 1. The highest BCUT2D eigenvalue weighted by atomic mass is 32.2. The van der Waals surface area contributed by atoms with Crippen LogP contribution in [0.15, 0.2) is 64.2 Å². The maximum atomic E-state index is 12.6. The van der Waals surface area contributed by atoms with Crippen molar-refractivity contribution in [2.45, 2.75) is 36.8 Å². The topological polar surface area (TPSA) is 55.1 Å². The zero-order chi connectivity index (χ0) is 16.9. The highest BCUT2D eigenvalue weighted by molar-refractivity contribution is 8.00. The van der Waals surface area contributed by atoms with Crippen LogP contribution in [-0.4, -0.2) is 16.1 Å². The summed E-state index contributed by atoms with van der Waals surface area (Å²) >= 11 is 1.37. The first kappa shape index (κ1) is 16.6. The van der Waals surface area contributed by atoms with E-state index in [0.717, 1.165) is 16.7 Å². The van der Waals surface area contributed by atoms with Crippen LogP contribution in [0.25, 0.3) is 11.1 Å². The van der Waals surface area contributed by atoms with Crippen molar-refractivity contribution < 1.29 is 9.21 Å². The van der Waals surface area contributed by atoms with Crippen molar-refractivity contribution in [1.82, 2.24) is 10.3 Å². The molecule has 5 heteroatoms. The molecule has 0 bridgehead atoms.